The lowest BCUT2D eigenvalue weighted by Gasteiger charge is -2.37. The molecule has 1 aromatic carbocycles. The summed E-state index contributed by atoms with van der Waals surface area (Å²) >= 11 is 0. The number of nitrogens with zero attached hydrogens (tertiary/aromatic N) is 4. The molecule has 0 aliphatic carbocycles. The third-order valence-corrected chi connectivity index (χ3v) is 3.86. The standard InChI is InChI=1S/C16H18N4O2/c21-17-16(14-6-8-20(22)9-7-14)19-12-10-18(11-13-19)15-4-2-1-3-5-15/h1-9,22H,10-13H2. The topological polar surface area (TPSA) is 59.4 Å². The lowest BCUT2D eigenvalue weighted by atomic mass is 10.2. The highest BCUT2D eigenvalue weighted by atomic mass is 16.5. The van der Waals surface area contributed by atoms with Gasteiger partial charge >= 0.3 is 0 Å². The van der Waals surface area contributed by atoms with Crippen LogP contribution < -0.4 is 4.90 Å². The minimum absolute atomic E-state index is 0.424. The maximum Gasteiger partial charge on any atom is 0.180 e. The van der Waals surface area contributed by atoms with Gasteiger partial charge in [0.05, 0.1) is 0 Å². The van der Waals surface area contributed by atoms with Gasteiger partial charge in [-0.05, 0) is 29.5 Å². The number of anilines is 1. The monoisotopic (exact) mass is 298 g/mol. The second-order valence-corrected chi connectivity index (χ2v) is 5.19. The molecule has 22 heavy (non-hydrogen) atoms. The lowest BCUT2D eigenvalue weighted by molar-refractivity contribution is 0.0104. The highest BCUT2D eigenvalue weighted by molar-refractivity contribution is 5.46. The van der Waals surface area contributed by atoms with Gasteiger partial charge in [-0.25, -0.2) is 5.06 Å². The largest absolute Gasteiger partial charge is 0.368 e. The lowest BCUT2D eigenvalue weighted by Crippen LogP contribution is -2.45. The summed E-state index contributed by atoms with van der Waals surface area (Å²) in [6, 6.07) is 10.2. The van der Waals surface area contributed by atoms with Crippen LogP contribution in [0, 0.1) is 4.91 Å². The summed E-state index contributed by atoms with van der Waals surface area (Å²) in [6.07, 6.45) is 6.34. The number of allylic oxidation sites excluding steroid dienone is 3. The normalized spacial score (nSPS) is 17.9. The van der Waals surface area contributed by atoms with Crippen molar-refractivity contribution in [3.05, 3.63) is 71.2 Å². The fourth-order valence-corrected chi connectivity index (χ4v) is 2.68. The van der Waals surface area contributed by atoms with Gasteiger partial charge in [0.25, 0.3) is 0 Å². The molecular formula is C16H18N4O2. The van der Waals surface area contributed by atoms with E-state index in [4.69, 9.17) is 0 Å². The summed E-state index contributed by atoms with van der Waals surface area (Å²) in [7, 11) is 0. The Morgan fingerprint density at radius 2 is 1.64 bits per heavy atom. The van der Waals surface area contributed by atoms with Gasteiger partial charge in [0.15, 0.2) is 5.82 Å². The molecule has 1 saturated heterocycles. The molecule has 1 fully saturated rings. The Labute approximate surface area is 129 Å². The quantitative estimate of drug-likeness (QED) is 0.869. The van der Waals surface area contributed by atoms with Crippen LogP contribution in [0.25, 0.3) is 0 Å². The van der Waals surface area contributed by atoms with Crippen LogP contribution in [-0.4, -0.2) is 41.3 Å². The van der Waals surface area contributed by atoms with Gasteiger partial charge in [0, 0.05) is 49.8 Å². The average molecular weight is 298 g/mol. The van der Waals surface area contributed by atoms with Crippen LogP contribution in [0.3, 0.4) is 0 Å². The Bertz CT molecular complexity index is 600. The molecule has 1 aromatic rings. The van der Waals surface area contributed by atoms with Gasteiger partial charge < -0.3 is 9.80 Å². The number of hydroxylamine groups is 2. The number of hydrogen-bond donors (Lipinski definition) is 1. The Morgan fingerprint density at radius 3 is 2.23 bits per heavy atom. The summed E-state index contributed by atoms with van der Waals surface area (Å²) in [5.41, 5.74) is 1.91. The highest BCUT2D eigenvalue weighted by Crippen LogP contribution is 2.22. The van der Waals surface area contributed by atoms with E-state index in [1.807, 2.05) is 23.1 Å². The number of piperazine rings is 1. The zero-order chi connectivity index (χ0) is 15.4. The summed E-state index contributed by atoms with van der Waals surface area (Å²) in [5.74, 6) is 0.424. The number of para-hydroxylation sites is 1. The van der Waals surface area contributed by atoms with Crippen molar-refractivity contribution in [3.63, 3.8) is 0 Å². The summed E-state index contributed by atoms with van der Waals surface area (Å²) in [4.78, 5) is 15.5. The second-order valence-electron chi connectivity index (χ2n) is 5.19. The molecule has 1 N–H and O–H groups in total. The van der Waals surface area contributed by atoms with Crippen molar-refractivity contribution in [1.29, 1.82) is 0 Å². The van der Waals surface area contributed by atoms with Crippen LogP contribution in [0.1, 0.15) is 0 Å². The van der Waals surface area contributed by atoms with Crippen LogP contribution in [-0.2, 0) is 0 Å². The Hall–Kier alpha value is -2.60. The van der Waals surface area contributed by atoms with Crippen molar-refractivity contribution < 1.29 is 5.21 Å². The van der Waals surface area contributed by atoms with E-state index in [0.29, 0.717) is 11.4 Å². The SMILES string of the molecule is O=NC(=C1C=CN(O)C=C1)N1CCN(c2ccccc2)CC1. The van der Waals surface area contributed by atoms with Gasteiger partial charge in [-0.3, -0.25) is 5.21 Å². The molecule has 0 atom stereocenters. The minimum atomic E-state index is 0.424. The van der Waals surface area contributed by atoms with Crippen LogP contribution >= 0.6 is 0 Å². The molecule has 2 aliphatic heterocycles. The van der Waals surface area contributed by atoms with Crippen LogP contribution in [0.15, 0.2) is 71.5 Å². The van der Waals surface area contributed by atoms with E-state index in [-0.39, 0.29) is 0 Å². The fraction of sp³-hybridized carbons (Fsp3) is 0.250. The predicted octanol–water partition coefficient (Wildman–Crippen LogP) is 2.52. The molecule has 0 radical (unpaired) electrons. The minimum Gasteiger partial charge on any atom is -0.368 e. The molecule has 0 spiro atoms. The second kappa shape index (κ2) is 6.44. The van der Waals surface area contributed by atoms with E-state index in [9.17, 15) is 10.1 Å². The van der Waals surface area contributed by atoms with E-state index in [1.54, 1.807) is 12.2 Å². The molecule has 2 aliphatic rings. The Balaban J connectivity index is 1.70. The zero-order valence-electron chi connectivity index (χ0n) is 12.2. The van der Waals surface area contributed by atoms with Crippen molar-refractivity contribution >= 4 is 5.69 Å². The van der Waals surface area contributed by atoms with Gasteiger partial charge in [-0.1, -0.05) is 18.2 Å². The first kappa shape index (κ1) is 14.3. The number of rotatable bonds is 3. The van der Waals surface area contributed by atoms with Crippen LogP contribution in [0.4, 0.5) is 5.69 Å². The van der Waals surface area contributed by atoms with E-state index in [0.717, 1.165) is 31.2 Å². The molecule has 3 rings (SSSR count). The molecule has 0 amide bonds. The molecular weight excluding hydrogens is 280 g/mol. The highest BCUT2D eigenvalue weighted by Gasteiger charge is 2.21. The molecule has 0 aromatic heterocycles. The van der Waals surface area contributed by atoms with Crippen molar-refractivity contribution in [1.82, 2.24) is 9.96 Å². The average Bonchev–Trinajstić information content (AvgIpc) is 2.59. The van der Waals surface area contributed by atoms with Crippen molar-refractivity contribution in [2.24, 2.45) is 5.18 Å². The van der Waals surface area contributed by atoms with E-state index < -0.39 is 0 Å². The zero-order valence-corrected chi connectivity index (χ0v) is 12.2. The maximum atomic E-state index is 11.2. The fourth-order valence-electron chi connectivity index (χ4n) is 2.68. The first-order valence-electron chi connectivity index (χ1n) is 7.24. The number of nitroso groups, excluding NO2 is 1. The molecule has 114 valence electrons. The first-order valence-corrected chi connectivity index (χ1v) is 7.24. The predicted molar refractivity (Wildman–Crippen MR) is 85.0 cm³/mol. The van der Waals surface area contributed by atoms with Crippen LogP contribution in [0.5, 0.6) is 0 Å². The smallest absolute Gasteiger partial charge is 0.180 e. The Kier molecular flexibility index (Phi) is 4.20. The first-order chi connectivity index (χ1) is 10.8. The van der Waals surface area contributed by atoms with Crippen molar-refractivity contribution in [2.45, 2.75) is 0 Å². The van der Waals surface area contributed by atoms with Gasteiger partial charge in [0.1, 0.15) is 0 Å². The molecule has 0 unspecified atom stereocenters. The third kappa shape index (κ3) is 3.01. The third-order valence-electron chi connectivity index (χ3n) is 3.86. The molecule has 6 nitrogen and oxygen atoms in total. The van der Waals surface area contributed by atoms with Crippen LogP contribution in [0.2, 0.25) is 0 Å². The van der Waals surface area contributed by atoms with Gasteiger partial charge in [-0.15, -0.1) is 4.91 Å². The van der Waals surface area contributed by atoms with Gasteiger partial charge in [-0.2, -0.15) is 0 Å². The maximum absolute atomic E-state index is 11.2. The molecule has 0 saturated carbocycles. The number of hydrogen-bond acceptors (Lipinski definition) is 6. The number of benzene rings is 1. The Morgan fingerprint density at radius 1 is 1.00 bits per heavy atom. The summed E-state index contributed by atoms with van der Waals surface area (Å²) < 4.78 is 0. The van der Waals surface area contributed by atoms with Crippen molar-refractivity contribution in [3.8, 4) is 0 Å². The van der Waals surface area contributed by atoms with Crippen molar-refractivity contribution in [2.75, 3.05) is 31.1 Å². The van der Waals surface area contributed by atoms with Gasteiger partial charge in [0.2, 0.25) is 0 Å². The molecule has 6 heteroatoms. The molecule has 2 heterocycles. The van der Waals surface area contributed by atoms with E-state index >= 15 is 0 Å². The summed E-state index contributed by atoms with van der Waals surface area (Å²) in [5, 5.41) is 13.4. The van der Waals surface area contributed by atoms with E-state index in [1.165, 1.54) is 18.1 Å². The molecule has 0 bridgehead atoms. The van der Waals surface area contributed by atoms with E-state index in [2.05, 4.69) is 22.2 Å². The summed E-state index contributed by atoms with van der Waals surface area (Å²) in [6.45, 7) is 3.17.